The third kappa shape index (κ3) is 4.26. The Balaban J connectivity index is 2.55. The van der Waals surface area contributed by atoms with Gasteiger partial charge in [-0.05, 0) is 39.2 Å². The van der Waals surface area contributed by atoms with Crippen LogP contribution < -0.4 is 0 Å². The highest BCUT2D eigenvalue weighted by atomic mass is 16.3. The van der Waals surface area contributed by atoms with Gasteiger partial charge in [0.05, 0.1) is 0 Å². The Kier molecular flexibility index (Phi) is 5.94. The summed E-state index contributed by atoms with van der Waals surface area (Å²) < 4.78 is 0. The fourth-order valence-electron chi connectivity index (χ4n) is 3.43. The van der Waals surface area contributed by atoms with Crippen molar-refractivity contribution in [3.05, 3.63) is 0 Å². The number of hydrogen-bond donors (Lipinski definition) is 1. The fourth-order valence-corrected chi connectivity index (χ4v) is 3.43. The van der Waals surface area contributed by atoms with Crippen molar-refractivity contribution in [2.45, 2.75) is 65.3 Å². The summed E-state index contributed by atoms with van der Waals surface area (Å²) in [6.07, 6.45) is 7.54. The molecule has 2 heteroatoms. The second-order valence-corrected chi connectivity index (χ2v) is 6.41. The Hall–Kier alpha value is -0.0800. The molecule has 1 rings (SSSR count). The zero-order valence-electron chi connectivity index (χ0n) is 12.2. The lowest BCUT2D eigenvalue weighted by molar-refractivity contribution is 0.0206. The lowest BCUT2D eigenvalue weighted by Crippen LogP contribution is -2.44. The van der Waals surface area contributed by atoms with Gasteiger partial charge in [0.2, 0.25) is 0 Å². The number of hydrogen-bond acceptors (Lipinski definition) is 2. The highest BCUT2D eigenvalue weighted by Crippen LogP contribution is 2.39. The molecule has 0 aliphatic heterocycles. The Labute approximate surface area is 107 Å². The van der Waals surface area contributed by atoms with Gasteiger partial charge in [0.1, 0.15) is 0 Å². The number of nitrogens with zero attached hydrogens (tertiary/aromatic N) is 1. The molecule has 0 spiro atoms. The molecule has 1 saturated carbocycles. The average molecular weight is 241 g/mol. The van der Waals surface area contributed by atoms with Crippen molar-refractivity contribution in [1.82, 2.24) is 4.90 Å². The van der Waals surface area contributed by atoms with Gasteiger partial charge >= 0.3 is 0 Å². The van der Waals surface area contributed by atoms with E-state index in [1.165, 1.54) is 38.5 Å². The quantitative estimate of drug-likeness (QED) is 0.771. The van der Waals surface area contributed by atoms with E-state index >= 15 is 0 Å². The first kappa shape index (κ1) is 15.0. The van der Waals surface area contributed by atoms with E-state index in [-0.39, 0.29) is 5.41 Å². The van der Waals surface area contributed by atoms with Crippen LogP contribution in [-0.4, -0.2) is 36.2 Å². The molecule has 0 amide bonds. The molecule has 0 aromatic rings. The van der Waals surface area contributed by atoms with Crippen molar-refractivity contribution in [2.75, 3.05) is 20.2 Å². The number of aliphatic hydroxyl groups excluding tert-OH is 1. The van der Waals surface area contributed by atoms with Crippen LogP contribution in [0.2, 0.25) is 0 Å². The molecule has 1 fully saturated rings. The van der Waals surface area contributed by atoms with Gasteiger partial charge in [-0.2, -0.15) is 0 Å². The molecule has 0 radical (unpaired) electrons. The van der Waals surface area contributed by atoms with Crippen molar-refractivity contribution >= 4 is 0 Å². The van der Waals surface area contributed by atoms with Gasteiger partial charge in [0, 0.05) is 24.6 Å². The summed E-state index contributed by atoms with van der Waals surface area (Å²) in [6.45, 7) is 8.31. The first-order valence-electron chi connectivity index (χ1n) is 7.34. The summed E-state index contributed by atoms with van der Waals surface area (Å²) >= 11 is 0. The van der Waals surface area contributed by atoms with E-state index in [9.17, 15) is 5.11 Å². The lowest BCUT2D eigenvalue weighted by Gasteiger charge is -2.42. The highest BCUT2D eigenvalue weighted by molar-refractivity contribution is 4.88. The molecule has 3 unspecified atom stereocenters. The van der Waals surface area contributed by atoms with Crippen LogP contribution in [0.15, 0.2) is 0 Å². The third-order valence-electron chi connectivity index (χ3n) is 4.56. The number of aliphatic hydroxyl groups is 1. The van der Waals surface area contributed by atoms with Crippen LogP contribution in [0.3, 0.4) is 0 Å². The Morgan fingerprint density at radius 2 is 2.18 bits per heavy atom. The Morgan fingerprint density at radius 1 is 1.47 bits per heavy atom. The summed E-state index contributed by atoms with van der Waals surface area (Å²) in [7, 11) is 2.22. The van der Waals surface area contributed by atoms with Crippen LogP contribution in [0, 0.1) is 11.3 Å². The average Bonchev–Trinajstić information content (AvgIpc) is 2.29. The standard InChI is InChI=1S/C15H31NO/c1-5-7-14(3)16(4)11-15(12-17)9-6-8-13(2)10-15/h13-14,17H,5-12H2,1-4H3. The smallest absolute Gasteiger partial charge is 0.0499 e. The molecule has 0 saturated heterocycles. The second-order valence-electron chi connectivity index (χ2n) is 6.41. The molecule has 0 aromatic carbocycles. The first-order valence-corrected chi connectivity index (χ1v) is 7.34. The van der Waals surface area contributed by atoms with Gasteiger partial charge in [0.15, 0.2) is 0 Å². The van der Waals surface area contributed by atoms with E-state index in [1.54, 1.807) is 0 Å². The van der Waals surface area contributed by atoms with E-state index in [2.05, 4.69) is 32.7 Å². The van der Waals surface area contributed by atoms with Crippen molar-refractivity contribution in [3.8, 4) is 0 Å². The molecule has 2 nitrogen and oxygen atoms in total. The van der Waals surface area contributed by atoms with Crippen LogP contribution in [0.1, 0.15) is 59.3 Å². The first-order chi connectivity index (χ1) is 8.03. The van der Waals surface area contributed by atoms with Crippen LogP contribution in [0.25, 0.3) is 0 Å². The van der Waals surface area contributed by atoms with E-state index in [0.717, 1.165) is 12.5 Å². The molecule has 17 heavy (non-hydrogen) atoms. The summed E-state index contributed by atoms with van der Waals surface area (Å²) in [5.41, 5.74) is 0.175. The topological polar surface area (TPSA) is 23.5 Å². The predicted molar refractivity (Wildman–Crippen MR) is 74.2 cm³/mol. The minimum Gasteiger partial charge on any atom is -0.396 e. The molecule has 3 atom stereocenters. The SMILES string of the molecule is CCCC(C)N(C)CC1(CO)CCCC(C)C1. The molecule has 1 N–H and O–H groups in total. The van der Waals surface area contributed by atoms with Gasteiger partial charge in [-0.25, -0.2) is 0 Å². The maximum atomic E-state index is 9.79. The Bertz CT molecular complexity index is 219. The minimum absolute atomic E-state index is 0.175. The van der Waals surface area contributed by atoms with Gasteiger partial charge in [0.25, 0.3) is 0 Å². The molecule has 1 aliphatic carbocycles. The fraction of sp³-hybridized carbons (Fsp3) is 1.00. The van der Waals surface area contributed by atoms with Crippen LogP contribution in [0.4, 0.5) is 0 Å². The summed E-state index contributed by atoms with van der Waals surface area (Å²) in [4.78, 5) is 2.46. The van der Waals surface area contributed by atoms with Crippen molar-refractivity contribution in [3.63, 3.8) is 0 Å². The van der Waals surface area contributed by atoms with E-state index in [1.807, 2.05) is 0 Å². The maximum absolute atomic E-state index is 9.79. The minimum atomic E-state index is 0.175. The molecular formula is C15H31NO. The number of rotatable bonds is 6. The van der Waals surface area contributed by atoms with Crippen molar-refractivity contribution < 1.29 is 5.11 Å². The van der Waals surface area contributed by atoms with Gasteiger partial charge in [-0.15, -0.1) is 0 Å². The third-order valence-corrected chi connectivity index (χ3v) is 4.56. The second kappa shape index (κ2) is 6.75. The zero-order valence-corrected chi connectivity index (χ0v) is 12.2. The molecule has 0 aromatic heterocycles. The van der Waals surface area contributed by atoms with Gasteiger partial charge in [-0.1, -0.05) is 33.1 Å². The summed E-state index contributed by atoms with van der Waals surface area (Å²) in [6, 6.07) is 0.639. The van der Waals surface area contributed by atoms with E-state index in [4.69, 9.17) is 0 Å². The largest absolute Gasteiger partial charge is 0.396 e. The van der Waals surface area contributed by atoms with Crippen LogP contribution in [0.5, 0.6) is 0 Å². The van der Waals surface area contributed by atoms with E-state index in [0.29, 0.717) is 12.6 Å². The van der Waals surface area contributed by atoms with Crippen LogP contribution >= 0.6 is 0 Å². The Morgan fingerprint density at radius 3 is 2.71 bits per heavy atom. The summed E-state index contributed by atoms with van der Waals surface area (Å²) in [5, 5.41) is 9.79. The maximum Gasteiger partial charge on any atom is 0.0499 e. The predicted octanol–water partition coefficient (Wildman–Crippen LogP) is 3.30. The molecule has 102 valence electrons. The van der Waals surface area contributed by atoms with Crippen molar-refractivity contribution in [1.29, 1.82) is 0 Å². The zero-order chi connectivity index (χ0) is 12.9. The van der Waals surface area contributed by atoms with E-state index < -0.39 is 0 Å². The molecular weight excluding hydrogens is 210 g/mol. The van der Waals surface area contributed by atoms with Gasteiger partial charge in [-0.3, -0.25) is 0 Å². The molecule has 0 bridgehead atoms. The molecule has 1 aliphatic rings. The highest BCUT2D eigenvalue weighted by Gasteiger charge is 2.35. The summed E-state index contributed by atoms with van der Waals surface area (Å²) in [5.74, 6) is 0.783. The monoisotopic (exact) mass is 241 g/mol. The van der Waals surface area contributed by atoms with Gasteiger partial charge < -0.3 is 10.0 Å². The lowest BCUT2D eigenvalue weighted by atomic mass is 9.70. The normalized spacial score (nSPS) is 31.8. The van der Waals surface area contributed by atoms with Crippen LogP contribution in [-0.2, 0) is 0 Å². The van der Waals surface area contributed by atoms with Crippen molar-refractivity contribution in [2.24, 2.45) is 11.3 Å². The molecule has 0 heterocycles.